The second kappa shape index (κ2) is 5.36. The molecule has 0 aliphatic heterocycles. The topological polar surface area (TPSA) is 29.4 Å². The molecule has 0 spiro atoms. The summed E-state index contributed by atoms with van der Waals surface area (Å²) in [5, 5.41) is 0. The molecule has 2 rings (SSSR count). The summed E-state index contributed by atoms with van der Waals surface area (Å²) in [6.07, 6.45) is 1.55. The first kappa shape index (κ1) is 12.2. The van der Waals surface area contributed by atoms with Crippen molar-refractivity contribution in [3.8, 4) is 0 Å². The lowest BCUT2D eigenvalue weighted by molar-refractivity contribution is 0.101. The van der Waals surface area contributed by atoms with Crippen molar-refractivity contribution >= 4 is 17.7 Å². The standard InChI is InChI=1S/C15H12FNO/c1-11(18)14-7-2-3-8-15(14)17-10-12-5-4-6-13(16)9-12/h2-10H,1H3/b17-10+. The summed E-state index contributed by atoms with van der Waals surface area (Å²) in [6, 6.07) is 13.2. The van der Waals surface area contributed by atoms with Gasteiger partial charge in [-0.3, -0.25) is 9.79 Å². The van der Waals surface area contributed by atoms with Gasteiger partial charge in [0, 0.05) is 11.8 Å². The van der Waals surface area contributed by atoms with E-state index in [9.17, 15) is 9.18 Å². The van der Waals surface area contributed by atoms with Gasteiger partial charge in [-0.2, -0.15) is 0 Å². The highest BCUT2D eigenvalue weighted by atomic mass is 19.1. The number of para-hydroxylation sites is 1. The summed E-state index contributed by atoms with van der Waals surface area (Å²) in [5.41, 5.74) is 1.81. The van der Waals surface area contributed by atoms with E-state index in [0.29, 0.717) is 16.8 Å². The van der Waals surface area contributed by atoms with Crippen LogP contribution in [0.1, 0.15) is 22.8 Å². The fraction of sp³-hybridized carbons (Fsp3) is 0.0667. The summed E-state index contributed by atoms with van der Waals surface area (Å²) in [7, 11) is 0. The average Bonchev–Trinajstić information content (AvgIpc) is 2.37. The zero-order valence-electron chi connectivity index (χ0n) is 9.93. The third-order valence-electron chi connectivity index (χ3n) is 2.48. The summed E-state index contributed by atoms with van der Waals surface area (Å²) >= 11 is 0. The second-order valence-electron chi connectivity index (χ2n) is 3.89. The molecule has 0 unspecified atom stereocenters. The summed E-state index contributed by atoms with van der Waals surface area (Å²) < 4.78 is 13.0. The number of aliphatic imine (C=N–C) groups is 1. The number of rotatable bonds is 3. The minimum absolute atomic E-state index is 0.0398. The van der Waals surface area contributed by atoms with Crippen molar-refractivity contribution in [1.82, 2.24) is 0 Å². The first-order valence-electron chi connectivity index (χ1n) is 5.56. The lowest BCUT2D eigenvalue weighted by atomic mass is 10.1. The van der Waals surface area contributed by atoms with Crippen molar-refractivity contribution < 1.29 is 9.18 Å². The van der Waals surface area contributed by atoms with Crippen LogP contribution in [0.25, 0.3) is 0 Å². The van der Waals surface area contributed by atoms with Crippen LogP contribution in [0.2, 0.25) is 0 Å². The Kier molecular flexibility index (Phi) is 3.63. The monoisotopic (exact) mass is 241 g/mol. The number of nitrogens with zero attached hydrogens (tertiary/aromatic N) is 1. The van der Waals surface area contributed by atoms with E-state index in [2.05, 4.69) is 4.99 Å². The molecule has 2 aromatic carbocycles. The molecule has 0 amide bonds. The number of benzene rings is 2. The van der Waals surface area contributed by atoms with Gasteiger partial charge in [0.1, 0.15) is 5.82 Å². The lowest BCUT2D eigenvalue weighted by Gasteiger charge is -2.00. The van der Waals surface area contributed by atoms with Crippen molar-refractivity contribution in [3.05, 3.63) is 65.5 Å². The molecule has 0 aromatic heterocycles. The van der Waals surface area contributed by atoms with Crippen LogP contribution in [0, 0.1) is 5.82 Å². The molecule has 0 bridgehead atoms. The highest BCUT2D eigenvalue weighted by Crippen LogP contribution is 2.19. The first-order valence-corrected chi connectivity index (χ1v) is 5.56. The van der Waals surface area contributed by atoms with Gasteiger partial charge < -0.3 is 0 Å². The van der Waals surface area contributed by atoms with Crippen LogP contribution in [-0.4, -0.2) is 12.0 Å². The lowest BCUT2D eigenvalue weighted by Crippen LogP contribution is -1.92. The van der Waals surface area contributed by atoms with Gasteiger partial charge in [0.25, 0.3) is 0 Å². The maximum Gasteiger partial charge on any atom is 0.161 e. The number of hydrogen-bond donors (Lipinski definition) is 0. The number of Topliss-reactive ketones (excluding diaryl/α,β-unsaturated/α-hetero) is 1. The molecule has 0 aliphatic carbocycles. The Morgan fingerprint density at radius 3 is 2.67 bits per heavy atom. The Labute approximate surface area is 105 Å². The van der Waals surface area contributed by atoms with Crippen LogP contribution in [0.5, 0.6) is 0 Å². The van der Waals surface area contributed by atoms with Gasteiger partial charge in [-0.05, 0) is 36.8 Å². The molecule has 0 radical (unpaired) electrons. The zero-order chi connectivity index (χ0) is 13.0. The number of carbonyl (C=O) groups excluding carboxylic acids is 1. The molecule has 0 N–H and O–H groups in total. The Bertz CT molecular complexity index is 605. The van der Waals surface area contributed by atoms with Gasteiger partial charge in [0.15, 0.2) is 5.78 Å². The van der Waals surface area contributed by atoms with E-state index in [1.807, 2.05) is 6.07 Å². The van der Waals surface area contributed by atoms with Crippen LogP contribution in [-0.2, 0) is 0 Å². The van der Waals surface area contributed by atoms with Crippen molar-refractivity contribution in [2.75, 3.05) is 0 Å². The maximum absolute atomic E-state index is 13.0. The van der Waals surface area contributed by atoms with Gasteiger partial charge in [-0.1, -0.05) is 24.3 Å². The van der Waals surface area contributed by atoms with E-state index in [4.69, 9.17) is 0 Å². The third kappa shape index (κ3) is 2.88. The Balaban J connectivity index is 2.32. The van der Waals surface area contributed by atoms with Crippen LogP contribution >= 0.6 is 0 Å². The van der Waals surface area contributed by atoms with Crippen LogP contribution in [0.15, 0.2) is 53.5 Å². The molecule has 0 heterocycles. The molecule has 0 atom stereocenters. The van der Waals surface area contributed by atoms with Gasteiger partial charge in [-0.15, -0.1) is 0 Å². The molecular formula is C15H12FNO. The third-order valence-corrected chi connectivity index (χ3v) is 2.48. The number of halogens is 1. The molecule has 0 aliphatic rings. The fourth-order valence-electron chi connectivity index (χ4n) is 1.61. The van der Waals surface area contributed by atoms with Crippen LogP contribution in [0.4, 0.5) is 10.1 Å². The van der Waals surface area contributed by atoms with Crippen LogP contribution in [0.3, 0.4) is 0 Å². The van der Waals surface area contributed by atoms with Crippen molar-refractivity contribution in [3.63, 3.8) is 0 Å². The fourth-order valence-corrected chi connectivity index (χ4v) is 1.61. The van der Waals surface area contributed by atoms with Gasteiger partial charge in [0.2, 0.25) is 0 Å². The van der Waals surface area contributed by atoms with E-state index in [1.165, 1.54) is 19.1 Å². The van der Waals surface area contributed by atoms with E-state index in [0.717, 1.165) is 0 Å². The van der Waals surface area contributed by atoms with E-state index in [1.54, 1.807) is 36.5 Å². The minimum atomic E-state index is -0.307. The molecule has 3 heteroatoms. The number of ketones is 1. The SMILES string of the molecule is CC(=O)c1ccccc1/N=C/c1cccc(F)c1. The Morgan fingerprint density at radius 1 is 1.17 bits per heavy atom. The Hall–Kier alpha value is -2.29. The van der Waals surface area contributed by atoms with Gasteiger partial charge >= 0.3 is 0 Å². The Morgan fingerprint density at radius 2 is 1.94 bits per heavy atom. The van der Waals surface area contributed by atoms with Crippen LogP contribution < -0.4 is 0 Å². The number of carbonyl (C=O) groups is 1. The predicted octanol–water partition coefficient (Wildman–Crippen LogP) is 3.78. The van der Waals surface area contributed by atoms with Crippen molar-refractivity contribution in [2.45, 2.75) is 6.92 Å². The molecule has 0 fully saturated rings. The summed E-state index contributed by atoms with van der Waals surface area (Å²) in [6.45, 7) is 1.50. The predicted molar refractivity (Wildman–Crippen MR) is 70.1 cm³/mol. The molecule has 2 aromatic rings. The molecule has 2 nitrogen and oxygen atoms in total. The smallest absolute Gasteiger partial charge is 0.161 e. The van der Waals surface area contributed by atoms with Crippen molar-refractivity contribution in [1.29, 1.82) is 0 Å². The van der Waals surface area contributed by atoms with Gasteiger partial charge in [-0.25, -0.2) is 4.39 Å². The van der Waals surface area contributed by atoms with E-state index >= 15 is 0 Å². The highest BCUT2D eigenvalue weighted by molar-refractivity contribution is 5.99. The first-order chi connectivity index (χ1) is 8.66. The average molecular weight is 241 g/mol. The largest absolute Gasteiger partial charge is 0.294 e. The quantitative estimate of drug-likeness (QED) is 0.594. The molecule has 18 heavy (non-hydrogen) atoms. The summed E-state index contributed by atoms with van der Waals surface area (Å²) in [5.74, 6) is -0.346. The molecular weight excluding hydrogens is 229 g/mol. The second-order valence-corrected chi connectivity index (χ2v) is 3.89. The number of hydrogen-bond acceptors (Lipinski definition) is 2. The van der Waals surface area contributed by atoms with E-state index < -0.39 is 0 Å². The van der Waals surface area contributed by atoms with Gasteiger partial charge in [0.05, 0.1) is 5.69 Å². The van der Waals surface area contributed by atoms with Crippen molar-refractivity contribution in [2.24, 2.45) is 4.99 Å². The molecule has 90 valence electrons. The normalized spacial score (nSPS) is 10.8. The van der Waals surface area contributed by atoms with E-state index in [-0.39, 0.29) is 11.6 Å². The minimum Gasteiger partial charge on any atom is -0.294 e. The highest BCUT2D eigenvalue weighted by Gasteiger charge is 2.03. The molecule has 0 saturated heterocycles. The zero-order valence-corrected chi connectivity index (χ0v) is 9.93. The maximum atomic E-state index is 13.0. The molecule has 0 saturated carbocycles. The summed E-state index contributed by atoms with van der Waals surface area (Å²) in [4.78, 5) is 15.6.